The fourth-order valence-corrected chi connectivity index (χ4v) is 3.94. The van der Waals surface area contributed by atoms with Crippen LogP contribution in [0.2, 0.25) is 0 Å². The quantitative estimate of drug-likeness (QED) is 0.817. The first-order valence-electron chi connectivity index (χ1n) is 8.92. The smallest absolute Gasteiger partial charge is 0.261 e. The van der Waals surface area contributed by atoms with Gasteiger partial charge in [-0.1, -0.05) is 29.8 Å². The summed E-state index contributed by atoms with van der Waals surface area (Å²) in [5.41, 5.74) is 8.14. The van der Waals surface area contributed by atoms with Crippen LogP contribution in [-0.2, 0) is 4.79 Å². The van der Waals surface area contributed by atoms with Gasteiger partial charge in [-0.3, -0.25) is 9.59 Å². The van der Waals surface area contributed by atoms with Crippen LogP contribution in [0.4, 0.5) is 0 Å². The fourth-order valence-electron chi connectivity index (χ4n) is 3.17. The Balaban J connectivity index is 0.00000261. The second-order valence-electron chi connectivity index (χ2n) is 6.87. The molecular formula is C20H26ClN3O2S. The topological polar surface area (TPSA) is 75.4 Å². The summed E-state index contributed by atoms with van der Waals surface area (Å²) in [5.74, 6) is -0.0725. The van der Waals surface area contributed by atoms with Crippen LogP contribution in [0.15, 0.2) is 36.4 Å². The van der Waals surface area contributed by atoms with Gasteiger partial charge in [-0.2, -0.15) is 0 Å². The predicted octanol–water partition coefficient (Wildman–Crippen LogP) is 3.21. The molecule has 1 aromatic heterocycles. The third-order valence-electron chi connectivity index (χ3n) is 4.81. The Labute approximate surface area is 170 Å². The predicted molar refractivity (Wildman–Crippen MR) is 111 cm³/mol. The summed E-state index contributed by atoms with van der Waals surface area (Å²) < 4.78 is 0. The van der Waals surface area contributed by atoms with Gasteiger partial charge in [0.2, 0.25) is 5.91 Å². The molecule has 1 saturated heterocycles. The van der Waals surface area contributed by atoms with Crippen molar-refractivity contribution >= 4 is 35.6 Å². The number of hydrogen-bond donors (Lipinski definition) is 2. The lowest BCUT2D eigenvalue weighted by Crippen LogP contribution is -2.48. The Morgan fingerprint density at radius 3 is 2.30 bits per heavy atom. The Kier molecular flexibility index (Phi) is 7.41. The Morgan fingerprint density at radius 2 is 1.74 bits per heavy atom. The lowest BCUT2D eigenvalue weighted by atomic mass is 10.0. The van der Waals surface area contributed by atoms with E-state index in [-0.39, 0.29) is 30.3 Å². The highest BCUT2D eigenvalue weighted by Gasteiger charge is 2.28. The Hall–Kier alpha value is -1.89. The number of carbonyl (C=O) groups excluding carboxylic acids is 2. The van der Waals surface area contributed by atoms with Crippen LogP contribution in [0.5, 0.6) is 0 Å². The van der Waals surface area contributed by atoms with Crippen molar-refractivity contribution in [2.24, 2.45) is 5.73 Å². The summed E-state index contributed by atoms with van der Waals surface area (Å²) in [5, 5.41) is 3.08. The third kappa shape index (κ3) is 5.31. The maximum absolute atomic E-state index is 12.7. The number of nitrogens with one attached hydrogen (secondary N) is 1. The van der Waals surface area contributed by atoms with Crippen molar-refractivity contribution < 1.29 is 9.59 Å². The van der Waals surface area contributed by atoms with E-state index in [9.17, 15) is 9.59 Å². The van der Waals surface area contributed by atoms with Crippen LogP contribution in [0.1, 0.15) is 44.6 Å². The Bertz CT molecular complexity index is 783. The monoisotopic (exact) mass is 407 g/mol. The van der Waals surface area contributed by atoms with E-state index in [1.165, 1.54) is 11.3 Å². The third-order valence-corrected chi connectivity index (χ3v) is 5.81. The maximum Gasteiger partial charge on any atom is 0.261 e. The molecule has 0 radical (unpaired) electrons. The summed E-state index contributed by atoms with van der Waals surface area (Å²) in [6, 6.07) is 11.0. The van der Waals surface area contributed by atoms with Gasteiger partial charge in [0.05, 0.1) is 4.88 Å². The summed E-state index contributed by atoms with van der Waals surface area (Å²) in [4.78, 5) is 28.6. The van der Waals surface area contributed by atoms with Crippen molar-refractivity contribution in [3.8, 4) is 0 Å². The van der Waals surface area contributed by atoms with Crippen LogP contribution in [-0.4, -0.2) is 35.8 Å². The van der Waals surface area contributed by atoms with Gasteiger partial charge < -0.3 is 16.0 Å². The van der Waals surface area contributed by atoms with Gasteiger partial charge in [-0.25, -0.2) is 0 Å². The molecule has 1 fully saturated rings. The maximum atomic E-state index is 12.7. The molecule has 0 spiro atoms. The Morgan fingerprint density at radius 1 is 1.11 bits per heavy atom. The molecule has 27 heavy (non-hydrogen) atoms. The van der Waals surface area contributed by atoms with Crippen molar-refractivity contribution in [2.75, 3.05) is 13.1 Å². The van der Waals surface area contributed by atoms with Gasteiger partial charge in [0.25, 0.3) is 5.91 Å². The second kappa shape index (κ2) is 9.35. The molecule has 0 saturated carbocycles. The SMILES string of the molecule is Cc1ccc(C(N)C(=O)N2CCC(NC(=O)c3ccc(C)s3)CC2)cc1.Cl. The highest BCUT2D eigenvalue weighted by molar-refractivity contribution is 7.13. The fraction of sp³-hybridized carbons (Fsp3) is 0.400. The number of rotatable bonds is 4. The van der Waals surface area contributed by atoms with Crippen LogP contribution < -0.4 is 11.1 Å². The highest BCUT2D eigenvalue weighted by Crippen LogP contribution is 2.19. The number of carbonyl (C=O) groups is 2. The molecule has 146 valence electrons. The largest absolute Gasteiger partial charge is 0.348 e. The molecule has 0 bridgehead atoms. The zero-order valence-corrected chi connectivity index (χ0v) is 17.2. The molecule has 1 unspecified atom stereocenters. The van der Waals surface area contributed by atoms with Crippen LogP contribution in [0.25, 0.3) is 0 Å². The van der Waals surface area contributed by atoms with E-state index < -0.39 is 6.04 Å². The van der Waals surface area contributed by atoms with E-state index in [0.717, 1.165) is 33.7 Å². The first-order chi connectivity index (χ1) is 12.4. The van der Waals surface area contributed by atoms with E-state index in [4.69, 9.17) is 5.73 Å². The minimum Gasteiger partial charge on any atom is -0.348 e. The molecule has 2 heterocycles. The van der Waals surface area contributed by atoms with Gasteiger partial charge in [0.1, 0.15) is 6.04 Å². The normalized spacial score (nSPS) is 15.7. The number of nitrogens with two attached hydrogens (primary N) is 1. The van der Waals surface area contributed by atoms with E-state index in [2.05, 4.69) is 5.32 Å². The number of nitrogens with zero attached hydrogens (tertiary/aromatic N) is 1. The number of aryl methyl sites for hydroxylation is 2. The van der Waals surface area contributed by atoms with Gasteiger partial charge in [-0.15, -0.1) is 23.7 Å². The van der Waals surface area contributed by atoms with E-state index >= 15 is 0 Å². The van der Waals surface area contributed by atoms with E-state index in [1.807, 2.05) is 55.1 Å². The molecule has 3 N–H and O–H groups in total. The van der Waals surface area contributed by atoms with Gasteiger partial charge in [0.15, 0.2) is 0 Å². The molecule has 1 aliphatic rings. The lowest BCUT2D eigenvalue weighted by molar-refractivity contribution is -0.133. The number of benzene rings is 1. The number of amides is 2. The van der Waals surface area contributed by atoms with Gasteiger partial charge >= 0.3 is 0 Å². The summed E-state index contributed by atoms with van der Waals surface area (Å²) in [7, 11) is 0. The molecule has 3 rings (SSSR count). The molecule has 5 nitrogen and oxygen atoms in total. The van der Waals surface area contributed by atoms with Gasteiger partial charge in [0, 0.05) is 24.0 Å². The zero-order chi connectivity index (χ0) is 18.7. The average molecular weight is 408 g/mol. The van der Waals surface area contributed by atoms with Crippen molar-refractivity contribution in [3.63, 3.8) is 0 Å². The van der Waals surface area contributed by atoms with Crippen molar-refractivity contribution in [3.05, 3.63) is 57.3 Å². The van der Waals surface area contributed by atoms with Crippen LogP contribution in [0, 0.1) is 13.8 Å². The first kappa shape index (κ1) is 21.4. The van der Waals surface area contributed by atoms with Crippen molar-refractivity contribution in [2.45, 2.75) is 38.8 Å². The minimum absolute atomic E-state index is 0. The molecule has 1 aromatic carbocycles. The lowest BCUT2D eigenvalue weighted by Gasteiger charge is -2.33. The molecule has 0 aliphatic carbocycles. The summed E-state index contributed by atoms with van der Waals surface area (Å²) in [6.07, 6.45) is 1.50. The number of halogens is 1. The number of likely N-dealkylation sites (tertiary alicyclic amines) is 1. The number of hydrogen-bond acceptors (Lipinski definition) is 4. The first-order valence-corrected chi connectivity index (χ1v) is 9.74. The van der Waals surface area contributed by atoms with Crippen LogP contribution >= 0.6 is 23.7 Å². The number of thiophene rings is 1. The second-order valence-corrected chi connectivity index (χ2v) is 8.16. The van der Waals surface area contributed by atoms with Gasteiger partial charge in [-0.05, 0) is 44.4 Å². The average Bonchev–Trinajstić information content (AvgIpc) is 3.08. The van der Waals surface area contributed by atoms with Crippen molar-refractivity contribution in [1.82, 2.24) is 10.2 Å². The molecule has 2 aromatic rings. The number of piperidine rings is 1. The molecule has 1 atom stereocenters. The van der Waals surface area contributed by atoms with E-state index in [0.29, 0.717) is 13.1 Å². The summed E-state index contributed by atoms with van der Waals surface area (Å²) in [6.45, 7) is 5.23. The van der Waals surface area contributed by atoms with E-state index in [1.54, 1.807) is 0 Å². The standard InChI is InChI=1S/C20H25N3O2S.ClH/c1-13-3-6-15(7-4-13)18(21)20(25)23-11-9-16(10-12-23)22-19(24)17-8-5-14(2)26-17;/h3-8,16,18H,9-12,21H2,1-2H3,(H,22,24);1H. The van der Waals surface area contributed by atoms with Crippen LogP contribution in [0.3, 0.4) is 0 Å². The molecule has 2 amide bonds. The highest BCUT2D eigenvalue weighted by atomic mass is 35.5. The molecule has 7 heteroatoms. The summed E-state index contributed by atoms with van der Waals surface area (Å²) >= 11 is 1.50. The minimum atomic E-state index is -0.629. The molecule has 1 aliphatic heterocycles. The molecular weight excluding hydrogens is 382 g/mol. The zero-order valence-electron chi connectivity index (χ0n) is 15.6. The van der Waals surface area contributed by atoms with Crippen molar-refractivity contribution in [1.29, 1.82) is 0 Å².